The number of ether oxygens (including phenoxy) is 11. The van der Waals surface area contributed by atoms with Crippen LogP contribution in [0.3, 0.4) is 0 Å². The smallest absolute Gasteiger partial charge is 0.330 e. The summed E-state index contributed by atoms with van der Waals surface area (Å²) in [6, 6.07) is 8.42. The first-order valence-corrected chi connectivity index (χ1v) is 18.0. The second-order valence-corrected chi connectivity index (χ2v) is 10.9. The topological polar surface area (TPSA) is 119 Å². The molecular formula is C37H64O12. The predicted molar refractivity (Wildman–Crippen MR) is 188 cm³/mol. The zero-order valence-electron chi connectivity index (χ0n) is 30.1. The van der Waals surface area contributed by atoms with E-state index >= 15 is 0 Å². The van der Waals surface area contributed by atoms with Crippen LogP contribution in [0.2, 0.25) is 0 Å². The number of rotatable bonds is 39. The third-order valence-corrected chi connectivity index (χ3v) is 6.85. The molecular weight excluding hydrogens is 636 g/mol. The zero-order valence-corrected chi connectivity index (χ0v) is 30.1. The minimum Gasteiger partial charge on any atom is -0.491 e. The molecule has 0 aliphatic carbocycles. The fraction of sp³-hybridized carbons (Fsp3) is 0.757. The number of aryl methyl sites for hydroxylation is 1. The van der Waals surface area contributed by atoms with E-state index in [-0.39, 0.29) is 6.61 Å². The van der Waals surface area contributed by atoms with E-state index in [0.717, 1.165) is 18.2 Å². The van der Waals surface area contributed by atoms with Gasteiger partial charge in [-0.05, 0) is 30.5 Å². The molecule has 0 heterocycles. The Balaban J connectivity index is 1.69. The van der Waals surface area contributed by atoms with Gasteiger partial charge in [-0.2, -0.15) is 0 Å². The van der Waals surface area contributed by atoms with Crippen LogP contribution >= 0.6 is 0 Å². The van der Waals surface area contributed by atoms with Gasteiger partial charge in [0.25, 0.3) is 0 Å². The molecule has 1 rings (SSSR count). The SMILES string of the molecule is C=CC(=O)OCCOCCOCCOCCOCCOCCOCCOCCOCCOCCOc1ccc(CCCCCCCC)cc1. The Kier molecular flexibility index (Phi) is 34.0. The number of carbonyl (C=O) groups is 1. The van der Waals surface area contributed by atoms with Crippen molar-refractivity contribution < 1.29 is 56.9 Å². The molecule has 0 atom stereocenters. The van der Waals surface area contributed by atoms with Gasteiger partial charge in [0.05, 0.1) is 119 Å². The third-order valence-electron chi connectivity index (χ3n) is 6.85. The molecule has 0 aliphatic heterocycles. The molecule has 0 bridgehead atoms. The van der Waals surface area contributed by atoms with Crippen LogP contribution in [0.4, 0.5) is 0 Å². The van der Waals surface area contributed by atoms with Gasteiger partial charge in [0.15, 0.2) is 0 Å². The van der Waals surface area contributed by atoms with Gasteiger partial charge in [-0.15, -0.1) is 0 Å². The Labute approximate surface area is 294 Å². The van der Waals surface area contributed by atoms with Crippen molar-refractivity contribution in [2.45, 2.75) is 51.9 Å². The average Bonchev–Trinajstić information content (AvgIpc) is 3.12. The van der Waals surface area contributed by atoms with Crippen molar-refractivity contribution in [3.63, 3.8) is 0 Å². The maximum Gasteiger partial charge on any atom is 0.330 e. The van der Waals surface area contributed by atoms with Crippen molar-refractivity contribution >= 4 is 5.97 Å². The van der Waals surface area contributed by atoms with E-state index in [1.165, 1.54) is 44.1 Å². The number of carbonyl (C=O) groups excluding carboxylic acids is 1. The largest absolute Gasteiger partial charge is 0.491 e. The van der Waals surface area contributed by atoms with E-state index in [0.29, 0.717) is 126 Å². The molecule has 0 saturated carbocycles. The van der Waals surface area contributed by atoms with E-state index in [9.17, 15) is 4.79 Å². The number of hydrogen-bond donors (Lipinski definition) is 0. The number of benzene rings is 1. The molecule has 49 heavy (non-hydrogen) atoms. The van der Waals surface area contributed by atoms with Crippen molar-refractivity contribution in [2.24, 2.45) is 0 Å². The number of hydrogen-bond acceptors (Lipinski definition) is 12. The second-order valence-electron chi connectivity index (χ2n) is 10.9. The molecule has 0 fully saturated rings. The molecule has 0 aliphatic rings. The van der Waals surface area contributed by atoms with Crippen LogP contribution in [0.5, 0.6) is 5.75 Å². The van der Waals surface area contributed by atoms with Crippen LogP contribution in [-0.4, -0.2) is 138 Å². The first-order chi connectivity index (χ1) is 24.3. The normalized spacial score (nSPS) is 11.2. The maximum absolute atomic E-state index is 10.9. The second kappa shape index (κ2) is 37.1. The summed E-state index contributed by atoms with van der Waals surface area (Å²) in [6.07, 6.45) is 10.2. The Bertz CT molecular complexity index is 839. The molecule has 0 unspecified atom stereocenters. The Morgan fingerprint density at radius 1 is 0.490 bits per heavy atom. The third kappa shape index (κ3) is 32.8. The van der Waals surface area contributed by atoms with E-state index in [4.69, 9.17) is 52.1 Å². The van der Waals surface area contributed by atoms with Gasteiger partial charge in [-0.25, -0.2) is 4.79 Å². The van der Waals surface area contributed by atoms with Gasteiger partial charge in [-0.3, -0.25) is 0 Å². The highest BCUT2D eigenvalue weighted by atomic mass is 16.6. The van der Waals surface area contributed by atoms with Crippen LogP contribution in [0.1, 0.15) is 51.0 Å². The molecule has 1 aromatic carbocycles. The number of esters is 1. The maximum atomic E-state index is 10.9. The van der Waals surface area contributed by atoms with Crippen molar-refractivity contribution in [3.8, 4) is 5.75 Å². The van der Waals surface area contributed by atoms with Crippen molar-refractivity contribution in [3.05, 3.63) is 42.5 Å². The van der Waals surface area contributed by atoms with Gasteiger partial charge in [0.1, 0.15) is 19.0 Å². The first-order valence-electron chi connectivity index (χ1n) is 18.0. The highest BCUT2D eigenvalue weighted by Gasteiger charge is 1.99. The molecule has 0 spiro atoms. The average molecular weight is 701 g/mol. The van der Waals surface area contributed by atoms with Crippen molar-refractivity contribution in [1.29, 1.82) is 0 Å². The summed E-state index contributed by atoms with van der Waals surface area (Å²) in [5.41, 5.74) is 1.37. The lowest BCUT2D eigenvalue weighted by Crippen LogP contribution is -2.15. The van der Waals surface area contributed by atoms with Gasteiger partial charge >= 0.3 is 5.97 Å². The van der Waals surface area contributed by atoms with Crippen molar-refractivity contribution in [2.75, 3.05) is 132 Å². The number of unbranched alkanes of at least 4 members (excludes halogenated alkanes) is 5. The monoisotopic (exact) mass is 700 g/mol. The van der Waals surface area contributed by atoms with Crippen LogP contribution < -0.4 is 4.74 Å². The summed E-state index contributed by atoms with van der Waals surface area (Å²) in [4.78, 5) is 10.9. The Hall–Kier alpha value is -2.13. The van der Waals surface area contributed by atoms with Gasteiger partial charge in [0.2, 0.25) is 0 Å². The highest BCUT2D eigenvalue weighted by Crippen LogP contribution is 2.15. The van der Waals surface area contributed by atoms with Crippen LogP contribution in [0.15, 0.2) is 36.9 Å². The lowest BCUT2D eigenvalue weighted by molar-refractivity contribution is -0.139. The fourth-order valence-corrected chi connectivity index (χ4v) is 4.20. The summed E-state index contributed by atoms with van der Waals surface area (Å²) < 4.78 is 59.7. The summed E-state index contributed by atoms with van der Waals surface area (Å²) >= 11 is 0. The Morgan fingerprint density at radius 3 is 1.22 bits per heavy atom. The summed E-state index contributed by atoms with van der Waals surface area (Å²) in [6.45, 7) is 15.0. The lowest BCUT2D eigenvalue weighted by atomic mass is 10.0. The van der Waals surface area contributed by atoms with Crippen LogP contribution in [0.25, 0.3) is 0 Å². The molecule has 12 nitrogen and oxygen atoms in total. The molecule has 0 aromatic heterocycles. The molecule has 12 heteroatoms. The minimum absolute atomic E-state index is 0.200. The minimum atomic E-state index is -0.457. The van der Waals surface area contributed by atoms with E-state index in [1.807, 2.05) is 12.1 Å². The molecule has 0 amide bonds. The molecule has 1 aromatic rings. The lowest BCUT2D eigenvalue weighted by Gasteiger charge is -2.09. The zero-order chi connectivity index (χ0) is 35.1. The van der Waals surface area contributed by atoms with Crippen LogP contribution in [-0.2, 0) is 58.6 Å². The van der Waals surface area contributed by atoms with Crippen molar-refractivity contribution in [1.82, 2.24) is 0 Å². The first kappa shape index (κ1) is 44.9. The van der Waals surface area contributed by atoms with Gasteiger partial charge < -0.3 is 52.1 Å². The summed E-state index contributed by atoms with van der Waals surface area (Å²) in [5, 5.41) is 0. The summed E-state index contributed by atoms with van der Waals surface area (Å²) in [7, 11) is 0. The summed E-state index contributed by atoms with van der Waals surface area (Å²) in [5.74, 6) is 0.424. The highest BCUT2D eigenvalue weighted by molar-refractivity contribution is 5.81. The van der Waals surface area contributed by atoms with Gasteiger partial charge in [-0.1, -0.05) is 57.7 Å². The standard InChI is InChI=1S/C37H64O12/c1-3-5-6-7-8-9-10-35-11-13-36(14-12-35)48-33-31-46-29-27-44-25-23-42-21-19-40-17-15-39-16-18-41-20-22-43-24-26-45-28-30-47-32-34-49-37(38)4-2/h4,11-14H,2-3,5-10,15-34H2,1H3. The quantitative estimate of drug-likeness (QED) is 0.0531. The van der Waals surface area contributed by atoms with E-state index in [2.05, 4.69) is 25.6 Å². The van der Waals surface area contributed by atoms with Crippen LogP contribution in [0, 0.1) is 0 Å². The van der Waals surface area contributed by atoms with Gasteiger partial charge in [0, 0.05) is 6.08 Å². The molecule has 0 N–H and O–H groups in total. The molecule has 284 valence electrons. The molecule has 0 saturated heterocycles. The van der Waals surface area contributed by atoms with E-state index in [1.54, 1.807) is 0 Å². The fourth-order valence-electron chi connectivity index (χ4n) is 4.20. The molecule has 0 radical (unpaired) electrons. The predicted octanol–water partition coefficient (Wildman–Crippen LogP) is 4.85. The Morgan fingerprint density at radius 2 is 0.837 bits per heavy atom. The van der Waals surface area contributed by atoms with E-state index < -0.39 is 5.97 Å².